The Labute approximate surface area is 126 Å². The van der Waals surface area contributed by atoms with E-state index in [1.807, 2.05) is 23.0 Å². The van der Waals surface area contributed by atoms with Crippen LogP contribution >= 0.6 is 0 Å². The summed E-state index contributed by atoms with van der Waals surface area (Å²) in [4.78, 5) is 13.1. The van der Waals surface area contributed by atoms with E-state index in [-0.39, 0.29) is 5.41 Å². The summed E-state index contributed by atoms with van der Waals surface area (Å²) >= 11 is 0. The van der Waals surface area contributed by atoms with Crippen LogP contribution in [-0.4, -0.2) is 24.6 Å². The minimum Gasteiger partial charge on any atom is -0.256 e. The van der Waals surface area contributed by atoms with Crippen LogP contribution < -0.4 is 0 Å². The van der Waals surface area contributed by atoms with E-state index < -0.39 is 0 Å². The van der Waals surface area contributed by atoms with Crippen molar-refractivity contribution in [2.45, 2.75) is 18.3 Å². The molecule has 1 saturated carbocycles. The molecule has 0 atom stereocenters. The molecule has 0 bridgehead atoms. The van der Waals surface area contributed by atoms with E-state index in [2.05, 4.69) is 44.3 Å². The third-order valence-electron chi connectivity index (χ3n) is 4.55. The number of fused-ring (bicyclic) bond motifs is 2. The van der Waals surface area contributed by atoms with E-state index in [1.54, 1.807) is 12.4 Å². The molecule has 1 aliphatic carbocycles. The summed E-state index contributed by atoms with van der Waals surface area (Å²) in [5, 5.41) is 5.59. The maximum atomic E-state index is 4.41. The summed E-state index contributed by atoms with van der Waals surface area (Å²) in [5.41, 5.74) is 3.47. The second kappa shape index (κ2) is 4.10. The molecule has 0 N–H and O–H groups in total. The lowest BCUT2D eigenvalue weighted by Crippen LogP contribution is -2.13. The average Bonchev–Trinajstić information content (AvgIpc) is 3.27. The van der Waals surface area contributed by atoms with Crippen LogP contribution in [0.3, 0.4) is 0 Å². The molecular formula is C17H13N5. The van der Waals surface area contributed by atoms with Gasteiger partial charge in [0.2, 0.25) is 0 Å². The van der Waals surface area contributed by atoms with Crippen LogP contribution in [0.15, 0.2) is 55.1 Å². The van der Waals surface area contributed by atoms with Gasteiger partial charge in [-0.05, 0) is 36.6 Å². The topological polar surface area (TPSA) is 56.0 Å². The van der Waals surface area contributed by atoms with Crippen LogP contribution in [0.4, 0.5) is 0 Å². The highest BCUT2D eigenvalue weighted by Gasteiger charge is 2.48. The van der Waals surface area contributed by atoms with Crippen LogP contribution in [0.5, 0.6) is 0 Å². The van der Waals surface area contributed by atoms with Gasteiger partial charge in [-0.2, -0.15) is 5.10 Å². The molecule has 5 heteroatoms. The Hall–Kier alpha value is -2.82. The first kappa shape index (κ1) is 11.8. The monoisotopic (exact) mass is 287 g/mol. The Kier molecular flexibility index (Phi) is 2.20. The quantitative estimate of drug-likeness (QED) is 0.569. The third-order valence-corrected chi connectivity index (χ3v) is 4.55. The van der Waals surface area contributed by atoms with Gasteiger partial charge >= 0.3 is 0 Å². The van der Waals surface area contributed by atoms with E-state index in [1.165, 1.54) is 10.9 Å². The van der Waals surface area contributed by atoms with E-state index in [0.717, 1.165) is 24.1 Å². The lowest BCUT2D eigenvalue weighted by atomic mass is 9.92. The highest BCUT2D eigenvalue weighted by atomic mass is 15.3. The van der Waals surface area contributed by atoms with Crippen molar-refractivity contribution in [3.8, 4) is 0 Å². The highest BCUT2D eigenvalue weighted by Crippen LogP contribution is 2.53. The van der Waals surface area contributed by atoms with Crippen LogP contribution in [-0.2, 0) is 5.41 Å². The first-order valence-electron chi connectivity index (χ1n) is 7.37. The number of hydrogen-bond acceptors (Lipinski definition) is 4. The van der Waals surface area contributed by atoms with E-state index >= 15 is 0 Å². The normalized spacial score (nSPS) is 16.2. The lowest BCUT2D eigenvalue weighted by molar-refractivity contribution is 0.737. The maximum absolute atomic E-state index is 4.41. The fraction of sp³-hybridized carbons (Fsp3) is 0.176. The SMILES string of the molecule is c1cnc2ccc(C3(c4cnc5nccnn45)CC3)cc2c1. The van der Waals surface area contributed by atoms with Crippen molar-refractivity contribution in [1.29, 1.82) is 0 Å². The zero-order chi connectivity index (χ0) is 14.6. The molecule has 0 aliphatic heterocycles. The first-order chi connectivity index (χ1) is 10.9. The molecule has 3 aromatic heterocycles. The number of aromatic nitrogens is 5. The molecule has 4 aromatic rings. The number of rotatable bonds is 2. The summed E-state index contributed by atoms with van der Waals surface area (Å²) in [6, 6.07) is 10.6. The number of nitrogens with zero attached hydrogens (tertiary/aromatic N) is 5. The smallest absolute Gasteiger partial charge is 0.250 e. The van der Waals surface area contributed by atoms with Gasteiger partial charge in [0.05, 0.1) is 29.8 Å². The van der Waals surface area contributed by atoms with Gasteiger partial charge in [-0.15, -0.1) is 0 Å². The van der Waals surface area contributed by atoms with E-state index in [9.17, 15) is 0 Å². The summed E-state index contributed by atoms with van der Waals surface area (Å²) in [5.74, 6) is 0.659. The first-order valence-corrected chi connectivity index (χ1v) is 7.37. The van der Waals surface area contributed by atoms with Crippen molar-refractivity contribution in [2.24, 2.45) is 0 Å². The molecule has 0 saturated heterocycles. The second-order valence-electron chi connectivity index (χ2n) is 5.79. The maximum Gasteiger partial charge on any atom is 0.250 e. The average molecular weight is 287 g/mol. The summed E-state index contributed by atoms with van der Waals surface area (Å²) < 4.78 is 1.86. The van der Waals surface area contributed by atoms with Gasteiger partial charge in [-0.25, -0.2) is 14.5 Å². The standard InChI is InChI=1S/C17H13N5/c1-2-12-10-13(3-4-14(12)18-7-1)17(5-6-17)15-11-20-16-19-8-9-21-22(15)16/h1-4,7-11H,5-6H2. The number of hydrogen-bond donors (Lipinski definition) is 0. The van der Waals surface area contributed by atoms with Gasteiger partial charge in [0.1, 0.15) is 0 Å². The van der Waals surface area contributed by atoms with Crippen molar-refractivity contribution < 1.29 is 0 Å². The van der Waals surface area contributed by atoms with E-state index in [0.29, 0.717) is 5.78 Å². The molecule has 5 nitrogen and oxygen atoms in total. The Morgan fingerprint density at radius 3 is 2.82 bits per heavy atom. The minimum atomic E-state index is 0.0134. The molecule has 0 unspecified atom stereocenters. The molecule has 106 valence electrons. The Balaban J connectivity index is 1.72. The van der Waals surface area contributed by atoms with Crippen molar-refractivity contribution >= 4 is 16.7 Å². The summed E-state index contributed by atoms with van der Waals surface area (Å²) in [7, 11) is 0. The van der Waals surface area contributed by atoms with Crippen LogP contribution in [0.25, 0.3) is 16.7 Å². The predicted molar refractivity (Wildman–Crippen MR) is 82.5 cm³/mol. The van der Waals surface area contributed by atoms with Crippen molar-refractivity contribution in [3.63, 3.8) is 0 Å². The second-order valence-corrected chi connectivity index (χ2v) is 5.79. The van der Waals surface area contributed by atoms with Crippen LogP contribution in [0, 0.1) is 0 Å². The van der Waals surface area contributed by atoms with Gasteiger partial charge < -0.3 is 0 Å². The molecular weight excluding hydrogens is 274 g/mol. The van der Waals surface area contributed by atoms with Gasteiger partial charge in [0, 0.05) is 17.0 Å². The van der Waals surface area contributed by atoms with Gasteiger partial charge in [0.25, 0.3) is 5.78 Å². The van der Waals surface area contributed by atoms with Crippen LogP contribution in [0.1, 0.15) is 24.1 Å². The molecule has 3 heterocycles. The molecule has 1 aromatic carbocycles. The van der Waals surface area contributed by atoms with Gasteiger partial charge in [0.15, 0.2) is 0 Å². The lowest BCUT2D eigenvalue weighted by Gasteiger charge is -2.15. The fourth-order valence-electron chi connectivity index (χ4n) is 3.25. The predicted octanol–water partition coefficient (Wildman–Crippen LogP) is 2.75. The molecule has 5 rings (SSSR count). The van der Waals surface area contributed by atoms with Gasteiger partial charge in [-0.1, -0.05) is 12.1 Å². The molecule has 1 fully saturated rings. The fourth-order valence-corrected chi connectivity index (χ4v) is 3.25. The van der Waals surface area contributed by atoms with Crippen LogP contribution in [0.2, 0.25) is 0 Å². The zero-order valence-electron chi connectivity index (χ0n) is 11.8. The molecule has 0 amide bonds. The molecule has 0 spiro atoms. The van der Waals surface area contributed by atoms with E-state index in [4.69, 9.17) is 0 Å². The molecule has 22 heavy (non-hydrogen) atoms. The van der Waals surface area contributed by atoms with Crippen molar-refractivity contribution in [3.05, 3.63) is 66.4 Å². The highest BCUT2D eigenvalue weighted by molar-refractivity contribution is 5.79. The Morgan fingerprint density at radius 1 is 0.955 bits per heavy atom. The Bertz CT molecular complexity index is 1000. The molecule has 0 radical (unpaired) electrons. The van der Waals surface area contributed by atoms with Gasteiger partial charge in [-0.3, -0.25) is 4.98 Å². The summed E-state index contributed by atoms with van der Waals surface area (Å²) in [6.45, 7) is 0. The number of imidazole rings is 1. The van der Waals surface area contributed by atoms with Crippen molar-refractivity contribution in [1.82, 2.24) is 24.6 Å². The molecule has 1 aliphatic rings. The van der Waals surface area contributed by atoms with Crippen molar-refractivity contribution in [2.75, 3.05) is 0 Å². The third kappa shape index (κ3) is 1.53. The Morgan fingerprint density at radius 2 is 1.91 bits per heavy atom. The summed E-state index contributed by atoms with van der Waals surface area (Å²) in [6.07, 6.45) is 9.35. The largest absolute Gasteiger partial charge is 0.256 e. The number of benzene rings is 1. The zero-order valence-corrected chi connectivity index (χ0v) is 11.8. The minimum absolute atomic E-state index is 0.0134. The number of pyridine rings is 1.